The molecule has 0 bridgehead atoms. The van der Waals surface area contributed by atoms with E-state index >= 15 is 0 Å². The van der Waals surface area contributed by atoms with Crippen molar-refractivity contribution in [1.29, 1.82) is 0 Å². The van der Waals surface area contributed by atoms with Crippen molar-refractivity contribution in [3.8, 4) is 0 Å². The Balaban J connectivity index is 1.63. The standard InChI is InChI=1S/C15H26N4S/c1-12(2)16-9-13-11-20-15(17-13)19-8-4-7-18-6-3-5-14(18)10-19/h11-12,14,16H,3-10H2,1-2H3. The molecule has 0 aromatic carbocycles. The average Bonchev–Trinajstić information content (AvgIpc) is 3.02. The van der Waals surface area contributed by atoms with Crippen LogP contribution in [-0.2, 0) is 6.54 Å². The summed E-state index contributed by atoms with van der Waals surface area (Å²) >= 11 is 1.81. The van der Waals surface area contributed by atoms with Gasteiger partial charge in [-0.3, -0.25) is 4.90 Å². The summed E-state index contributed by atoms with van der Waals surface area (Å²) in [5, 5.41) is 6.88. The number of thiazole rings is 1. The molecule has 0 amide bonds. The molecule has 2 aliphatic rings. The highest BCUT2D eigenvalue weighted by atomic mass is 32.1. The van der Waals surface area contributed by atoms with Gasteiger partial charge in [0.25, 0.3) is 0 Å². The summed E-state index contributed by atoms with van der Waals surface area (Å²) in [5.41, 5.74) is 1.19. The van der Waals surface area contributed by atoms with E-state index in [4.69, 9.17) is 4.98 Å². The van der Waals surface area contributed by atoms with Crippen LogP contribution in [0.5, 0.6) is 0 Å². The minimum atomic E-state index is 0.519. The van der Waals surface area contributed by atoms with Gasteiger partial charge in [-0.25, -0.2) is 4.98 Å². The largest absolute Gasteiger partial charge is 0.346 e. The van der Waals surface area contributed by atoms with E-state index < -0.39 is 0 Å². The predicted octanol–water partition coefficient (Wildman–Crippen LogP) is 2.32. The summed E-state index contributed by atoms with van der Waals surface area (Å²) in [7, 11) is 0. The Morgan fingerprint density at radius 1 is 1.35 bits per heavy atom. The number of hydrogen-bond acceptors (Lipinski definition) is 5. The molecule has 0 radical (unpaired) electrons. The lowest BCUT2D eigenvalue weighted by Gasteiger charge is -2.25. The van der Waals surface area contributed by atoms with Crippen LogP contribution in [0.2, 0.25) is 0 Å². The fourth-order valence-electron chi connectivity index (χ4n) is 3.21. The van der Waals surface area contributed by atoms with E-state index in [0.717, 1.165) is 19.1 Å². The van der Waals surface area contributed by atoms with E-state index in [-0.39, 0.29) is 0 Å². The minimum Gasteiger partial charge on any atom is -0.346 e. The van der Waals surface area contributed by atoms with E-state index in [1.807, 2.05) is 11.3 Å². The van der Waals surface area contributed by atoms with Crippen molar-refractivity contribution in [2.24, 2.45) is 0 Å². The predicted molar refractivity (Wildman–Crippen MR) is 85.5 cm³/mol. The second-order valence-electron chi connectivity index (χ2n) is 6.29. The summed E-state index contributed by atoms with van der Waals surface area (Å²) in [6, 6.07) is 1.28. The first-order valence-electron chi connectivity index (χ1n) is 7.89. The maximum absolute atomic E-state index is 4.83. The van der Waals surface area contributed by atoms with Gasteiger partial charge in [-0.05, 0) is 25.8 Å². The first-order chi connectivity index (χ1) is 9.72. The first kappa shape index (κ1) is 14.3. The molecule has 2 aliphatic heterocycles. The van der Waals surface area contributed by atoms with Gasteiger partial charge in [0.05, 0.1) is 5.69 Å². The van der Waals surface area contributed by atoms with Crippen LogP contribution in [0.4, 0.5) is 5.13 Å². The Kier molecular flexibility index (Phi) is 4.58. The molecule has 1 aromatic rings. The molecule has 1 unspecified atom stereocenters. The number of aromatic nitrogens is 1. The highest BCUT2D eigenvalue weighted by Gasteiger charge is 2.29. The Bertz CT molecular complexity index is 431. The minimum absolute atomic E-state index is 0.519. The van der Waals surface area contributed by atoms with Crippen LogP contribution >= 0.6 is 11.3 Å². The number of fused-ring (bicyclic) bond motifs is 1. The van der Waals surface area contributed by atoms with Crippen molar-refractivity contribution in [3.05, 3.63) is 11.1 Å². The van der Waals surface area contributed by atoms with Gasteiger partial charge >= 0.3 is 0 Å². The molecule has 20 heavy (non-hydrogen) atoms. The topological polar surface area (TPSA) is 31.4 Å². The normalized spacial score (nSPS) is 24.1. The zero-order chi connectivity index (χ0) is 13.9. The van der Waals surface area contributed by atoms with Crippen LogP contribution in [-0.4, -0.2) is 48.1 Å². The summed E-state index contributed by atoms with van der Waals surface area (Å²) in [4.78, 5) is 10.0. The Morgan fingerprint density at radius 3 is 3.05 bits per heavy atom. The fourth-order valence-corrected chi connectivity index (χ4v) is 4.07. The highest BCUT2D eigenvalue weighted by Crippen LogP contribution is 2.27. The molecule has 3 heterocycles. The van der Waals surface area contributed by atoms with Crippen LogP contribution in [0, 0.1) is 0 Å². The molecule has 1 N–H and O–H groups in total. The molecule has 0 saturated carbocycles. The molecule has 112 valence electrons. The van der Waals surface area contributed by atoms with Gasteiger partial charge < -0.3 is 10.2 Å². The van der Waals surface area contributed by atoms with Crippen molar-refractivity contribution in [2.45, 2.75) is 51.7 Å². The monoisotopic (exact) mass is 294 g/mol. The maximum Gasteiger partial charge on any atom is 0.185 e. The molecular formula is C15H26N4S. The molecular weight excluding hydrogens is 268 g/mol. The van der Waals surface area contributed by atoms with E-state index in [0.29, 0.717) is 6.04 Å². The van der Waals surface area contributed by atoms with Crippen molar-refractivity contribution < 1.29 is 0 Å². The second kappa shape index (κ2) is 6.41. The van der Waals surface area contributed by atoms with Crippen LogP contribution in [0.3, 0.4) is 0 Å². The number of anilines is 1. The van der Waals surface area contributed by atoms with E-state index in [1.54, 1.807) is 0 Å². The van der Waals surface area contributed by atoms with Crippen LogP contribution in [0.1, 0.15) is 38.8 Å². The van der Waals surface area contributed by atoms with Crippen molar-refractivity contribution >= 4 is 16.5 Å². The van der Waals surface area contributed by atoms with E-state index in [1.165, 1.54) is 49.7 Å². The molecule has 5 heteroatoms. The third kappa shape index (κ3) is 3.32. The van der Waals surface area contributed by atoms with Crippen molar-refractivity contribution in [3.63, 3.8) is 0 Å². The third-order valence-electron chi connectivity index (χ3n) is 4.31. The molecule has 2 saturated heterocycles. The quantitative estimate of drug-likeness (QED) is 0.923. The van der Waals surface area contributed by atoms with E-state index in [9.17, 15) is 0 Å². The number of rotatable bonds is 4. The van der Waals surface area contributed by atoms with Gasteiger partial charge in [0, 0.05) is 43.6 Å². The maximum atomic E-state index is 4.83. The first-order valence-corrected chi connectivity index (χ1v) is 8.77. The molecule has 1 aromatic heterocycles. The van der Waals surface area contributed by atoms with Gasteiger partial charge in [0.1, 0.15) is 0 Å². The van der Waals surface area contributed by atoms with Crippen molar-refractivity contribution in [2.75, 3.05) is 31.1 Å². The Morgan fingerprint density at radius 2 is 2.20 bits per heavy atom. The lowest BCUT2D eigenvalue weighted by Crippen LogP contribution is -2.36. The van der Waals surface area contributed by atoms with Crippen molar-refractivity contribution in [1.82, 2.24) is 15.2 Å². The van der Waals surface area contributed by atoms with Gasteiger partial charge in [-0.1, -0.05) is 13.8 Å². The van der Waals surface area contributed by atoms with Gasteiger partial charge in [-0.2, -0.15) is 0 Å². The summed E-state index contributed by atoms with van der Waals surface area (Å²) in [6.07, 6.45) is 4.01. The van der Waals surface area contributed by atoms with Gasteiger partial charge in [0.15, 0.2) is 5.13 Å². The average molecular weight is 294 g/mol. The number of hydrogen-bond donors (Lipinski definition) is 1. The smallest absolute Gasteiger partial charge is 0.185 e. The second-order valence-corrected chi connectivity index (χ2v) is 7.13. The summed E-state index contributed by atoms with van der Waals surface area (Å²) in [6.45, 7) is 10.2. The molecule has 3 rings (SSSR count). The lowest BCUT2D eigenvalue weighted by atomic mass is 10.2. The number of nitrogens with one attached hydrogen (secondary N) is 1. The zero-order valence-electron chi connectivity index (χ0n) is 12.6. The SMILES string of the molecule is CC(C)NCc1csc(N2CCCN3CCCC3C2)n1. The third-order valence-corrected chi connectivity index (χ3v) is 5.26. The summed E-state index contributed by atoms with van der Waals surface area (Å²) in [5.74, 6) is 0. The van der Waals surface area contributed by atoms with Gasteiger partial charge in [0.2, 0.25) is 0 Å². The van der Waals surface area contributed by atoms with Crippen LogP contribution < -0.4 is 10.2 Å². The van der Waals surface area contributed by atoms with Gasteiger partial charge in [-0.15, -0.1) is 11.3 Å². The molecule has 0 aliphatic carbocycles. The lowest BCUT2D eigenvalue weighted by molar-refractivity contribution is 0.273. The Labute approximate surface area is 126 Å². The van der Waals surface area contributed by atoms with Crippen LogP contribution in [0.25, 0.3) is 0 Å². The molecule has 2 fully saturated rings. The van der Waals surface area contributed by atoms with E-state index in [2.05, 4.69) is 34.3 Å². The molecule has 0 spiro atoms. The Hall–Kier alpha value is -0.650. The summed E-state index contributed by atoms with van der Waals surface area (Å²) < 4.78 is 0. The number of nitrogens with zero attached hydrogens (tertiary/aromatic N) is 3. The van der Waals surface area contributed by atoms with Crippen LogP contribution in [0.15, 0.2) is 5.38 Å². The zero-order valence-corrected chi connectivity index (χ0v) is 13.5. The molecule has 4 nitrogen and oxygen atoms in total. The fraction of sp³-hybridized carbons (Fsp3) is 0.800. The highest BCUT2D eigenvalue weighted by molar-refractivity contribution is 7.13. The molecule has 1 atom stereocenters.